The van der Waals surface area contributed by atoms with Crippen LogP contribution in [0.5, 0.6) is 0 Å². The highest BCUT2D eigenvalue weighted by atomic mass is 32.1. The maximum absolute atomic E-state index is 4.60. The van der Waals surface area contributed by atoms with E-state index in [1.165, 1.54) is 5.56 Å². The van der Waals surface area contributed by atoms with Crippen molar-refractivity contribution in [2.24, 2.45) is 4.99 Å². The minimum absolute atomic E-state index is 0.722. The molecule has 0 spiro atoms. The molecule has 0 unspecified atom stereocenters. The number of unbranched alkanes of at least 4 members (excludes halogenated alkanes) is 1. The van der Waals surface area contributed by atoms with Gasteiger partial charge in [-0.3, -0.25) is 0 Å². The molecule has 0 aliphatic rings. The molecule has 2 aromatic heterocycles. The Bertz CT molecular complexity index is 554. The summed E-state index contributed by atoms with van der Waals surface area (Å²) >= 11 is 1.71. The molecule has 23 heavy (non-hydrogen) atoms. The molecule has 2 rings (SSSR count). The Kier molecular flexibility index (Phi) is 7.97. The molecule has 124 valence electrons. The second-order valence-corrected chi connectivity index (χ2v) is 5.88. The van der Waals surface area contributed by atoms with Gasteiger partial charge in [0.15, 0.2) is 5.96 Å². The molecule has 0 aliphatic carbocycles. The Morgan fingerprint density at radius 2 is 2.09 bits per heavy atom. The van der Waals surface area contributed by atoms with Crippen LogP contribution in [-0.2, 0) is 6.54 Å². The smallest absolute Gasteiger partial charge is 0.191 e. The summed E-state index contributed by atoms with van der Waals surface area (Å²) < 4.78 is 0. The summed E-state index contributed by atoms with van der Waals surface area (Å²) in [6.07, 6.45) is 3.98. The fraction of sp³-hybridized carbons (Fsp3) is 0.412. The van der Waals surface area contributed by atoms with E-state index in [9.17, 15) is 0 Å². The van der Waals surface area contributed by atoms with Gasteiger partial charge in [0, 0.05) is 25.8 Å². The zero-order valence-corrected chi connectivity index (χ0v) is 14.4. The lowest BCUT2D eigenvalue weighted by atomic mass is 10.3. The number of guanidine groups is 1. The third kappa shape index (κ3) is 7.15. The molecule has 0 radical (unpaired) electrons. The summed E-state index contributed by atoms with van der Waals surface area (Å²) in [6.45, 7) is 5.52. The largest absolute Gasteiger partial charge is 0.370 e. The van der Waals surface area contributed by atoms with Crippen LogP contribution >= 0.6 is 11.3 Å². The standard InChI is InChI=1S/C17H25N5S/c1-2-18-17(22-13-15-8-12-23-14-15)21-11-6-5-10-20-16-7-3-4-9-19-16/h3-4,7-9,12,14H,2,5-6,10-11,13H2,1H3,(H,19,20)(H2,18,21,22). The highest BCUT2D eigenvalue weighted by Crippen LogP contribution is 2.06. The molecule has 2 aromatic rings. The molecule has 2 heterocycles. The average molecular weight is 331 g/mol. The molecule has 0 amide bonds. The van der Waals surface area contributed by atoms with Crippen molar-refractivity contribution in [1.29, 1.82) is 0 Å². The van der Waals surface area contributed by atoms with E-state index < -0.39 is 0 Å². The number of pyridine rings is 1. The number of thiophene rings is 1. The van der Waals surface area contributed by atoms with Crippen molar-refractivity contribution >= 4 is 23.1 Å². The first-order valence-electron chi connectivity index (χ1n) is 8.06. The van der Waals surface area contributed by atoms with Gasteiger partial charge in [0.1, 0.15) is 5.82 Å². The third-order valence-corrected chi connectivity index (χ3v) is 3.94. The van der Waals surface area contributed by atoms with Crippen molar-refractivity contribution in [1.82, 2.24) is 15.6 Å². The van der Waals surface area contributed by atoms with Gasteiger partial charge < -0.3 is 16.0 Å². The van der Waals surface area contributed by atoms with E-state index in [2.05, 4.69) is 49.7 Å². The molecule has 0 bridgehead atoms. The fourth-order valence-corrected chi connectivity index (χ4v) is 2.70. The van der Waals surface area contributed by atoms with Gasteiger partial charge in [-0.05, 0) is 54.3 Å². The van der Waals surface area contributed by atoms with Gasteiger partial charge in [0.05, 0.1) is 6.54 Å². The maximum Gasteiger partial charge on any atom is 0.191 e. The summed E-state index contributed by atoms with van der Waals surface area (Å²) in [5.74, 6) is 1.82. The number of aliphatic imine (C=N–C) groups is 1. The number of nitrogens with zero attached hydrogens (tertiary/aromatic N) is 2. The minimum atomic E-state index is 0.722. The Morgan fingerprint density at radius 1 is 1.17 bits per heavy atom. The minimum Gasteiger partial charge on any atom is -0.370 e. The van der Waals surface area contributed by atoms with E-state index in [0.717, 1.165) is 50.8 Å². The third-order valence-electron chi connectivity index (χ3n) is 3.21. The van der Waals surface area contributed by atoms with Crippen LogP contribution < -0.4 is 16.0 Å². The Morgan fingerprint density at radius 3 is 2.83 bits per heavy atom. The molecule has 6 heteroatoms. The molecule has 0 aliphatic heterocycles. The molecule has 0 saturated heterocycles. The second kappa shape index (κ2) is 10.6. The first kappa shape index (κ1) is 17.3. The van der Waals surface area contributed by atoms with E-state index in [4.69, 9.17) is 0 Å². The summed E-state index contributed by atoms with van der Waals surface area (Å²) in [5.41, 5.74) is 1.26. The van der Waals surface area contributed by atoms with E-state index in [1.807, 2.05) is 18.2 Å². The van der Waals surface area contributed by atoms with Crippen molar-refractivity contribution in [2.45, 2.75) is 26.3 Å². The summed E-state index contributed by atoms with van der Waals surface area (Å²) in [7, 11) is 0. The average Bonchev–Trinajstić information content (AvgIpc) is 3.10. The number of hydrogen-bond acceptors (Lipinski definition) is 4. The molecule has 5 nitrogen and oxygen atoms in total. The topological polar surface area (TPSA) is 61.3 Å². The zero-order chi connectivity index (χ0) is 16.2. The van der Waals surface area contributed by atoms with Gasteiger partial charge in [0.2, 0.25) is 0 Å². The first-order valence-corrected chi connectivity index (χ1v) is 9.01. The maximum atomic E-state index is 4.60. The highest BCUT2D eigenvalue weighted by Gasteiger charge is 1.98. The van der Waals surface area contributed by atoms with E-state index >= 15 is 0 Å². The number of anilines is 1. The van der Waals surface area contributed by atoms with Gasteiger partial charge in [-0.1, -0.05) is 6.07 Å². The van der Waals surface area contributed by atoms with Gasteiger partial charge in [-0.15, -0.1) is 0 Å². The van der Waals surface area contributed by atoms with Crippen LogP contribution in [-0.4, -0.2) is 30.6 Å². The van der Waals surface area contributed by atoms with Crippen LogP contribution in [0, 0.1) is 0 Å². The van der Waals surface area contributed by atoms with Crippen LogP contribution in [0.3, 0.4) is 0 Å². The van der Waals surface area contributed by atoms with Crippen molar-refractivity contribution in [3.05, 3.63) is 46.8 Å². The predicted octanol–water partition coefficient (Wildman–Crippen LogP) is 3.09. The molecular formula is C17H25N5S. The van der Waals surface area contributed by atoms with Gasteiger partial charge >= 0.3 is 0 Å². The molecular weight excluding hydrogens is 306 g/mol. The van der Waals surface area contributed by atoms with Crippen LogP contribution in [0.4, 0.5) is 5.82 Å². The zero-order valence-electron chi connectivity index (χ0n) is 13.6. The fourth-order valence-electron chi connectivity index (χ4n) is 2.04. The van der Waals surface area contributed by atoms with E-state index in [0.29, 0.717) is 0 Å². The molecule has 0 aromatic carbocycles. The predicted molar refractivity (Wildman–Crippen MR) is 99.1 cm³/mol. The van der Waals surface area contributed by atoms with Crippen molar-refractivity contribution in [2.75, 3.05) is 25.0 Å². The lowest BCUT2D eigenvalue weighted by Gasteiger charge is -2.11. The van der Waals surface area contributed by atoms with Crippen molar-refractivity contribution in [3.8, 4) is 0 Å². The molecule has 0 saturated carbocycles. The Labute approximate surface area is 142 Å². The molecule has 0 atom stereocenters. The van der Waals surface area contributed by atoms with Crippen LogP contribution in [0.1, 0.15) is 25.3 Å². The van der Waals surface area contributed by atoms with Gasteiger partial charge in [0.25, 0.3) is 0 Å². The lowest BCUT2D eigenvalue weighted by Crippen LogP contribution is -2.37. The number of rotatable bonds is 9. The van der Waals surface area contributed by atoms with E-state index in [-0.39, 0.29) is 0 Å². The normalized spacial score (nSPS) is 11.3. The Balaban J connectivity index is 1.61. The van der Waals surface area contributed by atoms with Crippen molar-refractivity contribution in [3.63, 3.8) is 0 Å². The number of hydrogen-bond donors (Lipinski definition) is 3. The second-order valence-electron chi connectivity index (χ2n) is 5.10. The van der Waals surface area contributed by atoms with Crippen molar-refractivity contribution < 1.29 is 0 Å². The number of nitrogens with one attached hydrogen (secondary N) is 3. The lowest BCUT2D eigenvalue weighted by molar-refractivity contribution is 0.712. The number of aromatic nitrogens is 1. The highest BCUT2D eigenvalue weighted by molar-refractivity contribution is 7.07. The molecule has 0 fully saturated rings. The van der Waals surface area contributed by atoms with Crippen LogP contribution in [0.15, 0.2) is 46.2 Å². The van der Waals surface area contributed by atoms with Gasteiger partial charge in [-0.2, -0.15) is 11.3 Å². The monoisotopic (exact) mass is 331 g/mol. The molecule has 3 N–H and O–H groups in total. The van der Waals surface area contributed by atoms with E-state index in [1.54, 1.807) is 17.5 Å². The summed E-state index contributed by atoms with van der Waals surface area (Å²) in [4.78, 5) is 8.84. The van der Waals surface area contributed by atoms with Gasteiger partial charge in [-0.25, -0.2) is 9.98 Å². The first-order chi connectivity index (χ1) is 11.4. The SMILES string of the molecule is CCNC(=NCc1ccsc1)NCCCCNc1ccccn1. The van der Waals surface area contributed by atoms with Crippen LogP contribution in [0.25, 0.3) is 0 Å². The summed E-state index contributed by atoms with van der Waals surface area (Å²) in [6, 6.07) is 8.01. The van der Waals surface area contributed by atoms with Crippen LogP contribution in [0.2, 0.25) is 0 Å². The Hall–Kier alpha value is -2.08. The quantitative estimate of drug-likeness (QED) is 0.375. The summed E-state index contributed by atoms with van der Waals surface area (Å²) in [5, 5.41) is 14.2.